The highest BCUT2D eigenvalue weighted by atomic mass is 19.4. The van der Waals surface area contributed by atoms with Gasteiger partial charge < -0.3 is 5.32 Å². The Labute approximate surface area is 173 Å². The van der Waals surface area contributed by atoms with E-state index in [9.17, 15) is 17.6 Å². The Kier molecular flexibility index (Phi) is 6.87. The first-order chi connectivity index (χ1) is 14.3. The third-order valence-corrected chi connectivity index (χ3v) is 4.82. The van der Waals surface area contributed by atoms with Crippen molar-refractivity contribution >= 4 is 5.57 Å². The number of halogens is 4. The summed E-state index contributed by atoms with van der Waals surface area (Å²) in [7, 11) is 0. The number of allylic oxidation sites excluding steroid dienone is 6. The zero-order chi connectivity index (χ0) is 21.7. The van der Waals surface area contributed by atoms with Gasteiger partial charge in [-0.3, -0.25) is 9.67 Å². The molecule has 0 aliphatic carbocycles. The summed E-state index contributed by atoms with van der Waals surface area (Å²) in [6, 6.07) is 3.22. The molecule has 0 bridgehead atoms. The van der Waals surface area contributed by atoms with E-state index in [0.29, 0.717) is 24.4 Å². The molecule has 0 saturated carbocycles. The van der Waals surface area contributed by atoms with E-state index in [1.807, 2.05) is 10.7 Å². The summed E-state index contributed by atoms with van der Waals surface area (Å²) in [4.78, 5) is 3.84. The fourth-order valence-electron chi connectivity index (χ4n) is 3.46. The Morgan fingerprint density at radius 3 is 2.77 bits per heavy atom. The summed E-state index contributed by atoms with van der Waals surface area (Å²) in [6.45, 7) is 4.52. The molecule has 0 radical (unpaired) electrons. The number of aromatic nitrogens is 3. The van der Waals surface area contributed by atoms with Gasteiger partial charge in [-0.25, -0.2) is 4.39 Å². The minimum Gasteiger partial charge on any atom is -0.304 e. The molecule has 0 saturated heterocycles. The van der Waals surface area contributed by atoms with Crippen LogP contribution in [-0.4, -0.2) is 20.9 Å². The van der Waals surface area contributed by atoms with Crippen LogP contribution < -0.4 is 5.32 Å². The van der Waals surface area contributed by atoms with Crippen LogP contribution in [0.1, 0.15) is 49.7 Å². The van der Waals surface area contributed by atoms with Crippen LogP contribution in [0, 0.1) is 5.82 Å². The number of pyridine rings is 1. The molecule has 2 aromatic heterocycles. The molecule has 160 valence electrons. The van der Waals surface area contributed by atoms with E-state index >= 15 is 0 Å². The molecule has 3 heterocycles. The molecule has 0 aromatic carbocycles. The molecular weight excluding hydrogens is 396 g/mol. The summed E-state index contributed by atoms with van der Waals surface area (Å²) in [5.74, 6) is -0.394. The smallest absolute Gasteiger partial charge is 0.304 e. The molecule has 3 rings (SSSR count). The van der Waals surface area contributed by atoms with Crippen molar-refractivity contribution in [3.8, 4) is 0 Å². The van der Waals surface area contributed by atoms with Crippen molar-refractivity contribution in [2.75, 3.05) is 0 Å². The molecule has 0 fully saturated rings. The van der Waals surface area contributed by atoms with Crippen molar-refractivity contribution in [2.45, 2.75) is 52.0 Å². The maximum atomic E-state index is 13.3. The number of nitrogens with one attached hydrogen (secondary N) is 1. The molecule has 0 spiro atoms. The zero-order valence-electron chi connectivity index (χ0n) is 16.9. The average Bonchev–Trinajstić information content (AvgIpc) is 3.26. The van der Waals surface area contributed by atoms with Gasteiger partial charge in [0.1, 0.15) is 5.82 Å². The number of hydrogen-bond acceptors (Lipinski definition) is 3. The molecular formula is C22H24F4N4. The van der Waals surface area contributed by atoms with Gasteiger partial charge in [0.2, 0.25) is 0 Å². The highest BCUT2D eigenvalue weighted by molar-refractivity contribution is 5.74. The van der Waals surface area contributed by atoms with Crippen LogP contribution in [0.25, 0.3) is 5.57 Å². The lowest BCUT2D eigenvalue weighted by molar-refractivity contribution is -0.0883. The van der Waals surface area contributed by atoms with Gasteiger partial charge in [0.25, 0.3) is 0 Å². The van der Waals surface area contributed by atoms with Crippen LogP contribution in [0.4, 0.5) is 17.6 Å². The second-order valence-corrected chi connectivity index (χ2v) is 7.08. The van der Waals surface area contributed by atoms with E-state index < -0.39 is 17.6 Å². The molecule has 0 amide bonds. The summed E-state index contributed by atoms with van der Waals surface area (Å²) in [6.07, 6.45) is 5.06. The third-order valence-electron chi connectivity index (χ3n) is 4.82. The number of fused-ring (bicyclic) bond motifs is 1. The number of hydrogen-bond donors (Lipinski definition) is 1. The lowest BCUT2D eigenvalue weighted by atomic mass is 10.0. The Morgan fingerprint density at radius 1 is 1.30 bits per heavy atom. The second-order valence-electron chi connectivity index (χ2n) is 7.08. The van der Waals surface area contributed by atoms with E-state index in [-0.39, 0.29) is 12.5 Å². The maximum Gasteiger partial charge on any atom is 0.416 e. The Hall–Kier alpha value is -2.74. The second kappa shape index (κ2) is 9.38. The first-order valence-electron chi connectivity index (χ1n) is 9.84. The SMILES string of the molecule is C\C=C/C(=C\C(=C\CC)C(F)(F)F)c1cc2n(n1)CCC2NCc1cncc(F)c1. The van der Waals surface area contributed by atoms with Gasteiger partial charge in [0.05, 0.1) is 29.2 Å². The standard InChI is InChI=1S/C22H24F4N4/c1-3-5-16(10-17(6-4-2)22(24,25)26)20-11-21-19(7-8-30(21)29-20)28-13-15-9-18(23)14-27-12-15/h3,5-6,9-12,14,19,28H,4,7-8,13H2,1-2H3/b5-3-,16-10+,17-6-. The van der Waals surface area contributed by atoms with Crippen molar-refractivity contribution in [1.82, 2.24) is 20.1 Å². The fourth-order valence-corrected chi connectivity index (χ4v) is 3.46. The maximum absolute atomic E-state index is 13.3. The average molecular weight is 420 g/mol. The molecule has 1 unspecified atom stereocenters. The van der Waals surface area contributed by atoms with Crippen molar-refractivity contribution < 1.29 is 17.6 Å². The number of rotatable bonds is 7. The zero-order valence-corrected chi connectivity index (χ0v) is 16.9. The normalized spacial score (nSPS) is 17.7. The van der Waals surface area contributed by atoms with Crippen LogP contribution in [0.2, 0.25) is 0 Å². The molecule has 30 heavy (non-hydrogen) atoms. The summed E-state index contributed by atoms with van der Waals surface area (Å²) in [5, 5.41) is 7.87. The van der Waals surface area contributed by atoms with Crippen molar-refractivity contribution in [3.05, 3.63) is 77.2 Å². The fraction of sp³-hybridized carbons (Fsp3) is 0.364. The lowest BCUT2D eigenvalue weighted by Crippen LogP contribution is -2.18. The molecule has 8 heteroatoms. The summed E-state index contributed by atoms with van der Waals surface area (Å²) in [5.41, 5.74) is 1.84. The van der Waals surface area contributed by atoms with Crippen molar-refractivity contribution in [3.63, 3.8) is 0 Å². The van der Waals surface area contributed by atoms with Gasteiger partial charge in [0.15, 0.2) is 0 Å². The quantitative estimate of drug-likeness (QED) is 0.474. The van der Waals surface area contributed by atoms with Gasteiger partial charge >= 0.3 is 6.18 Å². The lowest BCUT2D eigenvalue weighted by Gasteiger charge is -2.12. The monoisotopic (exact) mass is 420 g/mol. The molecule has 1 atom stereocenters. The predicted molar refractivity (Wildman–Crippen MR) is 108 cm³/mol. The minimum absolute atomic E-state index is 0.0188. The number of aryl methyl sites for hydroxylation is 1. The van der Waals surface area contributed by atoms with Gasteiger partial charge in [-0.1, -0.05) is 25.2 Å². The number of nitrogens with zero attached hydrogens (tertiary/aromatic N) is 3. The van der Waals surface area contributed by atoms with Gasteiger partial charge in [-0.05, 0) is 43.5 Å². The highest BCUT2D eigenvalue weighted by Crippen LogP contribution is 2.32. The van der Waals surface area contributed by atoms with E-state index in [1.165, 1.54) is 12.1 Å². The minimum atomic E-state index is -4.42. The van der Waals surface area contributed by atoms with Gasteiger partial charge in [-0.15, -0.1) is 0 Å². The van der Waals surface area contributed by atoms with Gasteiger partial charge in [-0.2, -0.15) is 18.3 Å². The molecule has 1 aliphatic rings. The Morgan fingerprint density at radius 2 is 2.10 bits per heavy atom. The van der Waals surface area contributed by atoms with Crippen LogP contribution in [0.5, 0.6) is 0 Å². The van der Waals surface area contributed by atoms with Crippen LogP contribution in [-0.2, 0) is 13.1 Å². The van der Waals surface area contributed by atoms with E-state index in [2.05, 4.69) is 15.4 Å². The molecule has 1 N–H and O–H groups in total. The van der Waals surface area contributed by atoms with Crippen LogP contribution >= 0.6 is 0 Å². The molecule has 4 nitrogen and oxygen atoms in total. The van der Waals surface area contributed by atoms with Crippen LogP contribution in [0.15, 0.2) is 54.4 Å². The van der Waals surface area contributed by atoms with E-state index in [0.717, 1.165) is 30.0 Å². The molecule has 2 aromatic rings. The Bertz CT molecular complexity index is 970. The number of alkyl halides is 3. The predicted octanol–water partition coefficient (Wildman–Crippen LogP) is 5.51. The van der Waals surface area contributed by atoms with Gasteiger partial charge in [0, 0.05) is 24.9 Å². The van der Waals surface area contributed by atoms with E-state index in [1.54, 1.807) is 32.2 Å². The van der Waals surface area contributed by atoms with Crippen molar-refractivity contribution in [1.29, 1.82) is 0 Å². The largest absolute Gasteiger partial charge is 0.416 e. The highest BCUT2D eigenvalue weighted by Gasteiger charge is 2.32. The topological polar surface area (TPSA) is 42.7 Å². The summed E-state index contributed by atoms with van der Waals surface area (Å²) >= 11 is 0. The van der Waals surface area contributed by atoms with E-state index in [4.69, 9.17) is 0 Å². The summed E-state index contributed by atoms with van der Waals surface area (Å²) < 4.78 is 55.1. The third kappa shape index (κ3) is 5.24. The Balaban J connectivity index is 1.83. The van der Waals surface area contributed by atoms with Crippen LogP contribution in [0.3, 0.4) is 0 Å². The first-order valence-corrected chi connectivity index (χ1v) is 9.84. The molecule has 1 aliphatic heterocycles. The first kappa shape index (κ1) is 22.0. The van der Waals surface area contributed by atoms with Crippen molar-refractivity contribution in [2.24, 2.45) is 0 Å².